The van der Waals surface area contributed by atoms with Crippen molar-refractivity contribution in [1.29, 1.82) is 0 Å². The van der Waals surface area contributed by atoms with Crippen LogP contribution in [0.15, 0.2) is 42.5 Å². The van der Waals surface area contributed by atoms with Gasteiger partial charge in [0.1, 0.15) is 5.02 Å². The third-order valence-electron chi connectivity index (χ3n) is 3.16. The molecule has 9 nitrogen and oxygen atoms in total. The number of hydrogen-bond acceptors (Lipinski definition) is 5. The molecule has 3 amide bonds. The number of benzene rings is 2. The van der Waals surface area contributed by atoms with Gasteiger partial charge in [-0.25, -0.2) is 0 Å². The summed E-state index contributed by atoms with van der Waals surface area (Å²) < 4.78 is 0. The molecule has 0 saturated heterocycles. The predicted octanol–water partition coefficient (Wildman–Crippen LogP) is 2.28. The number of carbonyl (C=O) groups excluding carboxylic acids is 3. The van der Waals surface area contributed by atoms with Crippen LogP contribution in [0.4, 0.5) is 11.4 Å². The third-order valence-corrected chi connectivity index (χ3v) is 3.48. The van der Waals surface area contributed by atoms with Crippen molar-refractivity contribution >= 4 is 40.7 Å². The van der Waals surface area contributed by atoms with E-state index in [1.165, 1.54) is 43.3 Å². The number of nitrogens with one attached hydrogen (secondary N) is 3. The Morgan fingerprint density at radius 2 is 1.50 bits per heavy atom. The summed E-state index contributed by atoms with van der Waals surface area (Å²) in [6.45, 7) is 1.36. The molecular formula is C16H13ClN4O5. The van der Waals surface area contributed by atoms with Gasteiger partial charge in [0.2, 0.25) is 5.91 Å². The minimum atomic E-state index is -0.743. The van der Waals surface area contributed by atoms with Crippen LogP contribution in [-0.2, 0) is 4.79 Å². The van der Waals surface area contributed by atoms with E-state index in [1.807, 2.05) is 0 Å². The monoisotopic (exact) mass is 376 g/mol. The van der Waals surface area contributed by atoms with Gasteiger partial charge in [-0.3, -0.25) is 35.3 Å². The number of hydrazine groups is 1. The van der Waals surface area contributed by atoms with Gasteiger partial charge in [0.25, 0.3) is 17.5 Å². The Bertz CT molecular complexity index is 883. The number of halogens is 1. The Hall–Kier alpha value is -3.46. The van der Waals surface area contributed by atoms with Crippen molar-refractivity contribution in [3.63, 3.8) is 0 Å². The van der Waals surface area contributed by atoms with Crippen LogP contribution in [0.3, 0.4) is 0 Å². The first-order chi connectivity index (χ1) is 12.3. The molecule has 0 aliphatic carbocycles. The van der Waals surface area contributed by atoms with Gasteiger partial charge < -0.3 is 5.32 Å². The van der Waals surface area contributed by atoms with Gasteiger partial charge in [-0.2, -0.15) is 0 Å². The van der Waals surface area contributed by atoms with E-state index in [0.29, 0.717) is 5.69 Å². The first-order valence-corrected chi connectivity index (χ1v) is 7.58. The normalized spacial score (nSPS) is 9.92. The Morgan fingerprint density at radius 1 is 0.962 bits per heavy atom. The molecule has 2 rings (SSSR count). The zero-order valence-electron chi connectivity index (χ0n) is 13.4. The zero-order chi connectivity index (χ0) is 19.3. The van der Waals surface area contributed by atoms with Crippen molar-refractivity contribution in [3.8, 4) is 0 Å². The highest BCUT2D eigenvalue weighted by molar-refractivity contribution is 6.32. The summed E-state index contributed by atoms with van der Waals surface area (Å²) in [7, 11) is 0. The molecule has 0 aliphatic heterocycles. The number of nitrogens with zero attached hydrogens (tertiary/aromatic N) is 1. The second-order valence-electron chi connectivity index (χ2n) is 5.09. The largest absolute Gasteiger partial charge is 0.326 e. The summed E-state index contributed by atoms with van der Waals surface area (Å²) in [6.07, 6.45) is 0. The van der Waals surface area contributed by atoms with Gasteiger partial charge in [0.15, 0.2) is 0 Å². The Balaban J connectivity index is 2.00. The van der Waals surface area contributed by atoms with Gasteiger partial charge in [0.05, 0.1) is 4.92 Å². The summed E-state index contributed by atoms with van der Waals surface area (Å²) >= 11 is 5.68. The maximum atomic E-state index is 12.0. The molecule has 0 aliphatic rings. The van der Waals surface area contributed by atoms with Crippen LogP contribution < -0.4 is 16.2 Å². The maximum Gasteiger partial charge on any atom is 0.288 e. The van der Waals surface area contributed by atoms with Crippen molar-refractivity contribution in [2.24, 2.45) is 0 Å². The van der Waals surface area contributed by atoms with E-state index in [0.717, 1.165) is 6.07 Å². The van der Waals surface area contributed by atoms with E-state index in [-0.39, 0.29) is 22.1 Å². The number of anilines is 1. The first-order valence-electron chi connectivity index (χ1n) is 7.20. The molecule has 134 valence electrons. The number of hydrogen-bond donors (Lipinski definition) is 3. The highest BCUT2D eigenvalue weighted by atomic mass is 35.5. The predicted molar refractivity (Wildman–Crippen MR) is 93.8 cm³/mol. The topological polar surface area (TPSA) is 130 Å². The van der Waals surface area contributed by atoms with Crippen LogP contribution in [0.1, 0.15) is 27.6 Å². The lowest BCUT2D eigenvalue weighted by Gasteiger charge is -2.08. The highest BCUT2D eigenvalue weighted by Gasteiger charge is 2.17. The number of carbonyl (C=O) groups is 3. The number of amides is 3. The van der Waals surface area contributed by atoms with Crippen molar-refractivity contribution in [1.82, 2.24) is 10.9 Å². The molecule has 0 atom stereocenters. The smallest absolute Gasteiger partial charge is 0.288 e. The van der Waals surface area contributed by atoms with E-state index in [4.69, 9.17) is 11.6 Å². The Labute approximate surface area is 152 Å². The lowest BCUT2D eigenvalue weighted by molar-refractivity contribution is -0.384. The molecule has 0 bridgehead atoms. The number of nitro benzene ring substituents is 1. The molecule has 0 spiro atoms. The van der Waals surface area contributed by atoms with Crippen molar-refractivity contribution in [3.05, 3.63) is 68.7 Å². The van der Waals surface area contributed by atoms with Gasteiger partial charge >= 0.3 is 0 Å². The number of rotatable bonds is 4. The summed E-state index contributed by atoms with van der Waals surface area (Å²) in [6, 6.07) is 9.49. The van der Waals surface area contributed by atoms with Crippen LogP contribution in [0.25, 0.3) is 0 Å². The average Bonchev–Trinajstić information content (AvgIpc) is 2.59. The van der Waals surface area contributed by atoms with E-state index in [9.17, 15) is 24.5 Å². The van der Waals surface area contributed by atoms with Crippen molar-refractivity contribution < 1.29 is 19.3 Å². The Morgan fingerprint density at radius 3 is 2.04 bits per heavy atom. The fourth-order valence-corrected chi connectivity index (χ4v) is 2.15. The zero-order valence-corrected chi connectivity index (χ0v) is 14.2. The SMILES string of the molecule is CC(=O)Nc1ccc(C(=O)NNC(=O)c2ccc(Cl)c([N+](=O)[O-])c2)cc1. The van der Waals surface area contributed by atoms with E-state index in [2.05, 4.69) is 16.2 Å². The molecule has 0 aromatic heterocycles. The summed E-state index contributed by atoms with van der Waals surface area (Å²) in [5.74, 6) is -1.59. The molecule has 3 N–H and O–H groups in total. The van der Waals surface area contributed by atoms with Crippen LogP contribution in [-0.4, -0.2) is 22.6 Å². The quantitative estimate of drug-likeness (QED) is 0.556. The molecule has 0 fully saturated rings. The number of nitro groups is 1. The molecule has 2 aromatic rings. The molecule has 10 heteroatoms. The molecule has 0 unspecified atom stereocenters. The van der Waals surface area contributed by atoms with E-state index >= 15 is 0 Å². The maximum absolute atomic E-state index is 12.0. The summed E-state index contributed by atoms with van der Waals surface area (Å²) in [5.41, 5.74) is 4.65. The Kier molecular flexibility index (Phi) is 5.86. The average molecular weight is 377 g/mol. The van der Waals surface area contributed by atoms with E-state index < -0.39 is 22.4 Å². The van der Waals surface area contributed by atoms with Gasteiger partial charge in [-0.05, 0) is 36.4 Å². The lowest BCUT2D eigenvalue weighted by atomic mass is 10.2. The van der Waals surface area contributed by atoms with Crippen molar-refractivity contribution in [2.75, 3.05) is 5.32 Å². The first kappa shape index (κ1) is 18.9. The lowest BCUT2D eigenvalue weighted by Crippen LogP contribution is -2.41. The van der Waals surface area contributed by atoms with Crippen LogP contribution in [0, 0.1) is 10.1 Å². The molecule has 26 heavy (non-hydrogen) atoms. The molecular weight excluding hydrogens is 364 g/mol. The van der Waals surface area contributed by atoms with Gasteiger partial charge in [-0.1, -0.05) is 11.6 Å². The molecule has 0 saturated carbocycles. The van der Waals surface area contributed by atoms with Gasteiger partial charge in [-0.15, -0.1) is 0 Å². The van der Waals surface area contributed by atoms with Crippen molar-refractivity contribution in [2.45, 2.75) is 6.92 Å². The minimum Gasteiger partial charge on any atom is -0.326 e. The standard InChI is InChI=1S/C16H13ClN4O5/c1-9(22)18-12-5-2-10(3-6-12)15(23)19-20-16(24)11-4-7-13(17)14(8-11)21(25)26/h2-8H,1H3,(H,18,22)(H,19,23)(H,20,24). The highest BCUT2D eigenvalue weighted by Crippen LogP contribution is 2.24. The van der Waals surface area contributed by atoms with E-state index in [1.54, 1.807) is 0 Å². The minimum absolute atomic E-state index is 0.0394. The third kappa shape index (κ3) is 4.77. The summed E-state index contributed by atoms with van der Waals surface area (Å²) in [5, 5.41) is 13.3. The fourth-order valence-electron chi connectivity index (χ4n) is 1.96. The molecule has 2 aromatic carbocycles. The second kappa shape index (κ2) is 8.08. The molecule has 0 radical (unpaired) electrons. The second-order valence-corrected chi connectivity index (χ2v) is 5.50. The van der Waals surface area contributed by atoms with Crippen LogP contribution >= 0.6 is 11.6 Å². The van der Waals surface area contributed by atoms with Crippen LogP contribution in [0.5, 0.6) is 0 Å². The van der Waals surface area contributed by atoms with Gasteiger partial charge in [0, 0.05) is 29.8 Å². The van der Waals surface area contributed by atoms with Crippen LogP contribution in [0.2, 0.25) is 5.02 Å². The fraction of sp³-hybridized carbons (Fsp3) is 0.0625. The molecule has 0 heterocycles. The summed E-state index contributed by atoms with van der Waals surface area (Å²) in [4.78, 5) is 45.1.